The lowest BCUT2D eigenvalue weighted by Crippen LogP contribution is -2.14. The van der Waals surface area contributed by atoms with Gasteiger partial charge in [0.25, 0.3) is 5.56 Å². The number of nitrogens with one attached hydrogen (secondary N) is 1. The lowest BCUT2D eigenvalue weighted by atomic mass is 10.2. The van der Waals surface area contributed by atoms with Crippen LogP contribution >= 0.6 is 10.9 Å². The van der Waals surface area contributed by atoms with Gasteiger partial charge >= 0.3 is 5.97 Å². The smallest absolute Gasteiger partial charge is 0.337 e. The number of carboxylic acid groups (broad SMARTS) is 1. The van der Waals surface area contributed by atoms with E-state index in [4.69, 9.17) is 0 Å². The zero-order chi connectivity index (χ0) is 20.5. The molecule has 1 aromatic heterocycles. The Kier molecular flexibility index (Phi) is 5.16. The molecule has 0 amide bonds. The molecule has 0 unspecified atom stereocenters. The molecule has 0 aliphatic rings. The molecular formula is C17H16N4O6S. The summed E-state index contributed by atoms with van der Waals surface area (Å²) in [5.74, 6) is -1.16. The minimum atomic E-state index is -3.84. The molecule has 0 bridgehead atoms. The highest BCUT2D eigenvalue weighted by Gasteiger charge is 2.17. The van der Waals surface area contributed by atoms with Crippen molar-refractivity contribution in [2.75, 3.05) is 0 Å². The lowest BCUT2D eigenvalue weighted by molar-refractivity contribution is 0.0697. The summed E-state index contributed by atoms with van der Waals surface area (Å²) in [4.78, 5) is 23.8. The van der Waals surface area contributed by atoms with Crippen molar-refractivity contribution in [3.63, 3.8) is 0 Å². The summed E-state index contributed by atoms with van der Waals surface area (Å²) in [7, 11) is -3.84. The summed E-state index contributed by atoms with van der Waals surface area (Å²) in [5.41, 5.74) is 0.301. The Morgan fingerprint density at radius 1 is 1.04 bits per heavy atom. The van der Waals surface area contributed by atoms with Crippen molar-refractivity contribution < 1.29 is 23.6 Å². The van der Waals surface area contributed by atoms with Crippen LogP contribution in [0.5, 0.6) is 0 Å². The molecule has 0 fully saturated rings. The maximum atomic E-state index is 12.6. The molecule has 5 N–H and O–H groups in total. The van der Waals surface area contributed by atoms with Crippen LogP contribution in [-0.2, 0) is 0 Å². The van der Waals surface area contributed by atoms with Gasteiger partial charge in [-0.05, 0) is 43.3 Å². The Labute approximate surface area is 160 Å². The third-order valence-corrected chi connectivity index (χ3v) is 4.75. The van der Waals surface area contributed by atoms with Crippen LogP contribution in [0.3, 0.4) is 0 Å². The number of rotatable bonds is 5. The lowest BCUT2D eigenvalue weighted by Gasteiger charge is -2.19. The molecule has 3 rings (SSSR count). The summed E-state index contributed by atoms with van der Waals surface area (Å²) >= 11 is 0. The molecule has 3 aromatic rings. The van der Waals surface area contributed by atoms with Gasteiger partial charge in [-0.25, -0.2) is 9.48 Å². The van der Waals surface area contributed by atoms with Crippen molar-refractivity contribution in [1.82, 2.24) is 9.78 Å². The van der Waals surface area contributed by atoms with E-state index in [9.17, 15) is 28.4 Å². The molecule has 2 aromatic carbocycles. The first-order valence-electron chi connectivity index (χ1n) is 7.85. The Morgan fingerprint density at radius 3 is 2.29 bits per heavy atom. The molecule has 1 heterocycles. The van der Waals surface area contributed by atoms with Crippen molar-refractivity contribution in [1.29, 1.82) is 0 Å². The molecule has 0 aliphatic heterocycles. The first-order chi connectivity index (χ1) is 13.2. The predicted molar refractivity (Wildman–Crippen MR) is 102 cm³/mol. The number of aromatic carboxylic acids is 1. The van der Waals surface area contributed by atoms with Crippen LogP contribution in [0.15, 0.2) is 68.4 Å². The predicted octanol–water partition coefficient (Wildman–Crippen LogP) is 4.17. The fourth-order valence-corrected chi connectivity index (χ4v) is 2.96. The maximum absolute atomic E-state index is 12.6. The zero-order valence-corrected chi connectivity index (χ0v) is 15.3. The number of aromatic nitrogens is 2. The topological polar surface area (TPSA) is 160 Å². The quantitative estimate of drug-likeness (QED) is 0.401. The Hall–Kier alpha value is -3.25. The van der Waals surface area contributed by atoms with E-state index < -0.39 is 22.4 Å². The Bertz CT molecular complexity index is 1110. The molecule has 0 atom stereocenters. The van der Waals surface area contributed by atoms with Gasteiger partial charge in [-0.15, -0.1) is 10.2 Å². The van der Waals surface area contributed by atoms with Gasteiger partial charge in [0.05, 0.1) is 21.8 Å². The summed E-state index contributed by atoms with van der Waals surface area (Å²) < 4.78 is 28.9. The monoisotopic (exact) mass is 404 g/mol. The van der Waals surface area contributed by atoms with E-state index in [1.165, 1.54) is 41.1 Å². The number of H-pyrrole nitrogens is 1. The first-order valence-corrected chi connectivity index (χ1v) is 9.35. The van der Waals surface area contributed by atoms with Gasteiger partial charge < -0.3 is 18.8 Å². The minimum Gasteiger partial charge on any atom is -0.478 e. The number of aryl methyl sites for hydroxylation is 1. The van der Waals surface area contributed by atoms with E-state index in [2.05, 4.69) is 15.3 Å². The van der Waals surface area contributed by atoms with Gasteiger partial charge in [-0.3, -0.25) is 9.89 Å². The standard InChI is InChI=1S/C17H16N4O6S/c1-10-15(19-18-14-5-3-2-4-13(14)17(23)24)16(22)21(20-10)11-6-8-12(9-7-11)28(25,26)27/h2-9,20,25-27H,1H3,(H,23,24). The second-order valence-corrected chi connectivity index (χ2v) is 7.27. The van der Waals surface area contributed by atoms with Crippen LogP contribution in [0.4, 0.5) is 11.4 Å². The highest BCUT2D eigenvalue weighted by atomic mass is 32.3. The summed E-state index contributed by atoms with van der Waals surface area (Å²) in [6.45, 7) is 1.61. The van der Waals surface area contributed by atoms with E-state index in [-0.39, 0.29) is 21.8 Å². The fourth-order valence-electron chi connectivity index (χ4n) is 2.46. The van der Waals surface area contributed by atoms with Crippen LogP contribution in [0.1, 0.15) is 16.1 Å². The highest BCUT2D eigenvalue weighted by molar-refractivity contribution is 8.19. The van der Waals surface area contributed by atoms with Crippen LogP contribution in [-0.4, -0.2) is 34.5 Å². The average molecular weight is 404 g/mol. The van der Waals surface area contributed by atoms with Crippen molar-refractivity contribution in [2.45, 2.75) is 11.8 Å². The van der Waals surface area contributed by atoms with E-state index in [1.807, 2.05) is 0 Å². The Balaban J connectivity index is 1.97. The van der Waals surface area contributed by atoms with Gasteiger partial charge in [-0.2, -0.15) is 0 Å². The van der Waals surface area contributed by atoms with Crippen LogP contribution < -0.4 is 5.56 Å². The van der Waals surface area contributed by atoms with Crippen LogP contribution in [0.25, 0.3) is 5.69 Å². The van der Waals surface area contributed by atoms with Crippen molar-refractivity contribution in [2.24, 2.45) is 10.2 Å². The maximum Gasteiger partial charge on any atom is 0.337 e. The molecule has 0 aliphatic carbocycles. The SMILES string of the molecule is Cc1[nH]n(-c2ccc(S(O)(O)O)cc2)c(=O)c1N=Nc1ccccc1C(=O)O. The summed E-state index contributed by atoms with van der Waals surface area (Å²) in [6, 6.07) is 11.4. The third kappa shape index (κ3) is 3.87. The van der Waals surface area contributed by atoms with E-state index in [1.54, 1.807) is 19.1 Å². The molecule has 146 valence electrons. The molecule has 28 heavy (non-hydrogen) atoms. The molecule has 10 nitrogen and oxygen atoms in total. The summed E-state index contributed by atoms with van der Waals surface area (Å²) in [5, 5.41) is 19.8. The number of azo groups is 1. The normalized spacial score (nSPS) is 12.4. The van der Waals surface area contributed by atoms with E-state index in [0.29, 0.717) is 11.4 Å². The van der Waals surface area contributed by atoms with Gasteiger partial charge in [0.2, 0.25) is 0 Å². The zero-order valence-electron chi connectivity index (χ0n) is 14.5. The molecule has 11 heteroatoms. The first kappa shape index (κ1) is 19.5. The minimum absolute atomic E-state index is 0.00397. The number of carboxylic acids is 1. The number of hydrogen-bond donors (Lipinski definition) is 5. The second kappa shape index (κ2) is 7.40. The van der Waals surface area contributed by atoms with Gasteiger partial charge in [-0.1, -0.05) is 12.1 Å². The van der Waals surface area contributed by atoms with E-state index in [0.717, 1.165) is 0 Å². The molecule has 0 spiro atoms. The third-order valence-electron chi connectivity index (χ3n) is 3.84. The molecular weight excluding hydrogens is 388 g/mol. The molecule has 0 radical (unpaired) electrons. The van der Waals surface area contributed by atoms with Gasteiger partial charge in [0.15, 0.2) is 5.69 Å². The van der Waals surface area contributed by atoms with E-state index >= 15 is 0 Å². The molecule has 0 saturated carbocycles. The fraction of sp³-hybridized carbons (Fsp3) is 0.0588. The van der Waals surface area contributed by atoms with Crippen LogP contribution in [0.2, 0.25) is 0 Å². The van der Waals surface area contributed by atoms with Crippen molar-refractivity contribution in [3.8, 4) is 5.69 Å². The van der Waals surface area contributed by atoms with Crippen molar-refractivity contribution >= 4 is 28.2 Å². The van der Waals surface area contributed by atoms with Crippen LogP contribution in [0, 0.1) is 6.92 Å². The number of carbonyl (C=O) groups is 1. The molecule has 0 saturated heterocycles. The highest BCUT2D eigenvalue weighted by Crippen LogP contribution is 2.43. The van der Waals surface area contributed by atoms with Gasteiger partial charge in [0.1, 0.15) is 16.6 Å². The Morgan fingerprint density at radius 2 is 1.68 bits per heavy atom. The number of aromatic amines is 1. The number of nitrogens with zero attached hydrogens (tertiary/aromatic N) is 3. The number of benzene rings is 2. The largest absolute Gasteiger partial charge is 0.478 e. The second-order valence-electron chi connectivity index (χ2n) is 5.76. The van der Waals surface area contributed by atoms with Gasteiger partial charge in [0, 0.05) is 0 Å². The van der Waals surface area contributed by atoms with Crippen molar-refractivity contribution in [3.05, 3.63) is 70.1 Å². The average Bonchev–Trinajstić information content (AvgIpc) is 2.93. The summed E-state index contributed by atoms with van der Waals surface area (Å²) in [6.07, 6.45) is 0. The number of hydrogen-bond acceptors (Lipinski definition) is 7.